The Balaban J connectivity index is 1.55. The molecule has 172 valence electrons. The number of esters is 1. The van der Waals surface area contributed by atoms with E-state index in [9.17, 15) is 9.59 Å². The van der Waals surface area contributed by atoms with E-state index >= 15 is 0 Å². The summed E-state index contributed by atoms with van der Waals surface area (Å²) < 4.78 is 21.1. The number of carbonyl (C=O) groups excluding carboxylic acids is 2. The number of hydrogen-bond donors (Lipinski definition) is 1. The molecular weight excluding hydrogens is 424 g/mol. The SMILES string of the molecule is COc1cc(C(=O)OCC(=O)NCC2(N3CCOCC3)CCCCC2)cc(Cl)c1OC. The van der Waals surface area contributed by atoms with Gasteiger partial charge in [-0.3, -0.25) is 9.69 Å². The summed E-state index contributed by atoms with van der Waals surface area (Å²) in [5, 5.41) is 3.21. The molecule has 0 unspecified atom stereocenters. The molecule has 31 heavy (non-hydrogen) atoms. The molecule has 3 rings (SSSR count). The molecule has 9 heteroatoms. The van der Waals surface area contributed by atoms with Crippen molar-refractivity contribution in [1.82, 2.24) is 10.2 Å². The second kappa shape index (κ2) is 11.0. The van der Waals surface area contributed by atoms with Crippen LogP contribution in [0.1, 0.15) is 42.5 Å². The molecule has 1 heterocycles. The van der Waals surface area contributed by atoms with E-state index in [-0.39, 0.29) is 28.6 Å². The minimum atomic E-state index is -0.654. The van der Waals surface area contributed by atoms with E-state index in [4.69, 9.17) is 30.5 Å². The number of morpholine rings is 1. The van der Waals surface area contributed by atoms with E-state index in [2.05, 4.69) is 10.2 Å². The van der Waals surface area contributed by atoms with Crippen molar-refractivity contribution in [3.05, 3.63) is 22.7 Å². The fourth-order valence-electron chi connectivity index (χ4n) is 4.42. The molecule has 1 aromatic carbocycles. The van der Waals surface area contributed by atoms with Crippen molar-refractivity contribution in [3.8, 4) is 11.5 Å². The Labute approximate surface area is 188 Å². The van der Waals surface area contributed by atoms with Gasteiger partial charge in [0.1, 0.15) is 0 Å². The van der Waals surface area contributed by atoms with Gasteiger partial charge in [-0.25, -0.2) is 4.79 Å². The number of benzene rings is 1. The third kappa shape index (κ3) is 5.81. The Morgan fingerprint density at radius 1 is 1.13 bits per heavy atom. The van der Waals surface area contributed by atoms with E-state index < -0.39 is 5.97 Å². The summed E-state index contributed by atoms with van der Waals surface area (Å²) in [6, 6.07) is 2.90. The van der Waals surface area contributed by atoms with Crippen molar-refractivity contribution in [2.45, 2.75) is 37.6 Å². The Bertz CT molecular complexity index is 776. The first-order chi connectivity index (χ1) is 15.0. The van der Waals surface area contributed by atoms with Gasteiger partial charge < -0.3 is 24.3 Å². The zero-order chi connectivity index (χ0) is 22.3. The van der Waals surface area contributed by atoms with Crippen LogP contribution in [0.4, 0.5) is 0 Å². The van der Waals surface area contributed by atoms with Gasteiger partial charge in [-0.05, 0) is 25.0 Å². The van der Waals surface area contributed by atoms with E-state index in [0.717, 1.165) is 52.0 Å². The summed E-state index contributed by atoms with van der Waals surface area (Å²) >= 11 is 6.14. The van der Waals surface area contributed by atoms with E-state index in [1.54, 1.807) is 0 Å². The molecule has 0 atom stereocenters. The van der Waals surface area contributed by atoms with Gasteiger partial charge in [-0.15, -0.1) is 0 Å². The summed E-state index contributed by atoms with van der Waals surface area (Å²) in [7, 11) is 2.91. The molecule has 0 spiro atoms. The number of methoxy groups -OCH3 is 2. The molecule has 1 N–H and O–H groups in total. The maximum absolute atomic E-state index is 12.4. The summed E-state index contributed by atoms with van der Waals surface area (Å²) in [5.41, 5.74) is 0.144. The third-order valence-electron chi connectivity index (χ3n) is 6.08. The molecule has 1 amide bonds. The lowest BCUT2D eigenvalue weighted by Gasteiger charge is -2.48. The molecule has 1 saturated carbocycles. The van der Waals surface area contributed by atoms with Gasteiger partial charge in [0.2, 0.25) is 0 Å². The number of rotatable bonds is 8. The largest absolute Gasteiger partial charge is 0.493 e. The predicted molar refractivity (Wildman–Crippen MR) is 116 cm³/mol. The van der Waals surface area contributed by atoms with Gasteiger partial charge in [-0.1, -0.05) is 30.9 Å². The lowest BCUT2D eigenvalue weighted by molar-refractivity contribution is -0.125. The number of halogens is 1. The molecule has 2 fully saturated rings. The molecule has 1 aliphatic heterocycles. The second-order valence-corrected chi connectivity index (χ2v) is 8.34. The summed E-state index contributed by atoms with van der Waals surface area (Å²) in [6.07, 6.45) is 5.64. The molecule has 1 aromatic rings. The van der Waals surface area contributed by atoms with Gasteiger partial charge in [-0.2, -0.15) is 0 Å². The van der Waals surface area contributed by atoms with Gasteiger partial charge in [0, 0.05) is 25.2 Å². The number of hydrogen-bond acceptors (Lipinski definition) is 7. The first kappa shape index (κ1) is 23.6. The highest BCUT2D eigenvalue weighted by molar-refractivity contribution is 6.32. The van der Waals surface area contributed by atoms with Crippen molar-refractivity contribution in [1.29, 1.82) is 0 Å². The maximum Gasteiger partial charge on any atom is 0.338 e. The van der Waals surface area contributed by atoms with Crippen LogP contribution >= 0.6 is 11.6 Å². The smallest absolute Gasteiger partial charge is 0.338 e. The van der Waals surface area contributed by atoms with Crippen molar-refractivity contribution >= 4 is 23.5 Å². The number of ether oxygens (including phenoxy) is 4. The third-order valence-corrected chi connectivity index (χ3v) is 6.37. The van der Waals surface area contributed by atoms with E-state index in [1.165, 1.54) is 32.8 Å². The van der Waals surface area contributed by atoms with Crippen LogP contribution in [0, 0.1) is 0 Å². The van der Waals surface area contributed by atoms with Crippen LogP contribution in [0.5, 0.6) is 11.5 Å². The molecule has 8 nitrogen and oxygen atoms in total. The zero-order valence-corrected chi connectivity index (χ0v) is 19.0. The first-order valence-electron chi connectivity index (χ1n) is 10.7. The average Bonchev–Trinajstić information content (AvgIpc) is 2.81. The van der Waals surface area contributed by atoms with Crippen LogP contribution in [0.2, 0.25) is 5.02 Å². The van der Waals surface area contributed by atoms with Gasteiger partial charge in [0.15, 0.2) is 18.1 Å². The highest BCUT2D eigenvalue weighted by atomic mass is 35.5. The molecule has 1 aliphatic carbocycles. The number of nitrogens with zero attached hydrogens (tertiary/aromatic N) is 1. The van der Waals surface area contributed by atoms with Crippen molar-refractivity contribution < 1.29 is 28.5 Å². The number of carbonyl (C=O) groups is 2. The van der Waals surface area contributed by atoms with Crippen LogP contribution in [0.3, 0.4) is 0 Å². The van der Waals surface area contributed by atoms with Gasteiger partial charge >= 0.3 is 5.97 Å². The second-order valence-electron chi connectivity index (χ2n) is 7.93. The van der Waals surface area contributed by atoms with Crippen molar-refractivity contribution in [2.24, 2.45) is 0 Å². The lowest BCUT2D eigenvalue weighted by Crippen LogP contribution is -2.59. The van der Waals surface area contributed by atoms with Crippen LogP contribution < -0.4 is 14.8 Å². The zero-order valence-electron chi connectivity index (χ0n) is 18.2. The Morgan fingerprint density at radius 2 is 1.84 bits per heavy atom. The Hall–Kier alpha value is -2.03. The molecule has 2 aliphatic rings. The van der Waals surface area contributed by atoms with Crippen LogP contribution in [0.25, 0.3) is 0 Å². The quantitative estimate of drug-likeness (QED) is 0.604. The minimum Gasteiger partial charge on any atom is -0.493 e. The molecule has 0 aromatic heterocycles. The molecule has 0 radical (unpaired) electrons. The average molecular weight is 455 g/mol. The molecule has 0 bridgehead atoms. The topological polar surface area (TPSA) is 86.3 Å². The highest BCUT2D eigenvalue weighted by Gasteiger charge is 2.38. The van der Waals surface area contributed by atoms with E-state index in [1.807, 2.05) is 0 Å². The fourth-order valence-corrected chi connectivity index (χ4v) is 4.70. The van der Waals surface area contributed by atoms with Crippen LogP contribution in [-0.2, 0) is 14.3 Å². The first-order valence-corrected chi connectivity index (χ1v) is 11.0. The van der Waals surface area contributed by atoms with Gasteiger partial charge in [0.25, 0.3) is 5.91 Å². The van der Waals surface area contributed by atoms with Crippen molar-refractivity contribution in [3.63, 3.8) is 0 Å². The van der Waals surface area contributed by atoms with Crippen LogP contribution in [-0.4, -0.2) is 76.0 Å². The number of nitrogens with one attached hydrogen (secondary N) is 1. The Morgan fingerprint density at radius 3 is 2.48 bits per heavy atom. The number of amides is 1. The lowest BCUT2D eigenvalue weighted by atomic mass is 9.79. The normalized spacial score (nSPS) is 18.8. The predicted octanol–water partition coefficient (Wildman–Crippen LogP) is 2.67. The standard InChI is InChI=1S/C22H31ClN2O6/c1-28-18-13-16(12-17(23)20(18)29-2)21(27)31-14-19(26)24-15-22(6-4-3-5-7-22)25-8-10-30-11-9-25/h12-13H,3-11,14-15H2,1-2H3,(H,24,26). The monoisotopic (exact) mass is 454 g/mol. The van der Waals surface area contributed by atoms with Crippen molar-refractivity contribution in [2.75, 3.05) is 53.7 Å². The highest BCUT2D eigenvalue weighted by Crippen LogP contribution is 2.36. The minimum absolute atomic E-state index is 0.0431. The fraction of sp³-hybridized carbons (Fsp3) is 0.636. The van der Waals surface area contributed by atoms with Crippen LogP contribution in [0.15, 0.2) is 12.1 Å². The summed E-state index contributed by atoms with van der Waals surface area (Å²) in [4.78, 5) is 27.3. The van der Waals surface area contributed by atoms with Gasteiger partial charge in [0.05, 0.1) is 38.0 Å². The van der Waals surface area contributed by atoms with E-state index in [0.29, 0.717) is 18.0 Å². The maximum atomic E-state index is 12.4. The summed E-state index contributed by atoms with van der Waals surface area (Å²) in [6.45, 7) is 3.40. The molecular formula is C22H31ClN2O6. The summed E-state index contributed by atoms with van der Waals surface area (Å²) in [5.74, 6) is -0.327. The molecule has 1 saturated heterocycles. The Kier molecular flexibility index (Phi) is 8.40.